The number of nitrogens with zero attached hydrogens (tertiary/aromatic N) is 3. The average Bonchev–Trinajstić information content (AvgIpc) is 2.64. The van der Waals surface area contributed by atoms with Crippen LogP contribution in [0.5, 0.6) is 0 Å². The van der Waals surface area contributed by atoms with Crippen molar-refractivity contribution in [2.75, 3.05) is 18.5 Å². The van der Waals surface area contributed by atoms with Gasteiger partial charge in [0.15, 0.2) is 0 Å². The molecule has 1 aromatic carbocycles. The molecule has 1 aliphatic rings. The van der Waals surface area contributed by atoms with Gasteiger partial charge in [0.1, 0.15) is 12.1 Å². The number of nitrogens with one attached hydrogen (secondary N) is 2. The van der Waals surface area contributed by atoms with Crippen LogP contribution in [-0.2, 0) is 4.74 Å². The molecule has 2 atom stereocenters. The lowest BCUT2D eigenvalue weighted by molar-refractivity contribution is 0.0620. The molecule has 1 aliphatic heterocycles. The third-order valence-corrected chi connectivity index (χ3v) is 4.26. The number of hydrogen-bond donors (Lipinski definition) is 2. The van der Waals surface area contributed by atoms with Crippen LogP contribution in [-0.4, -0.2) is 41.2 Å². The smallest absolute Gasteiger partial charge is 0.253 e. The summed E-state index contributed by atoms with van der Waals surface area (Å²) in [5.74, 6) is 0.345. The summed E-state index contributed by atoms with van der Waals surface area (Å²) in [5.41, 5.74) is 0.671. The predicted octanol–water partition coefficient (Wildman–Crippen LogP) is 2.00. The van der Waals surface area contributed by atoms with Gasteiger partial charge < -0.3 is 15.4 Å². The molecule has 2 heterocycles. The number of carbonyl (C=O) groups is 1. The largest absolute Gasteiger partial charge is 0.379 e. The van der Waals surface area contributed by atoms with Crippen molar-refractivity contribution in [2.24, 2.45) is 0 Å². The monoisotopic (exact) mass is 357 g/mol. The van der Waals surface area contributed by atoms with E-state index in [9.17, 15) is 4.79 Å². The molecule has 0 saturated carbocycles. The van der Waals surface area contributed by atoms with Crippen LogP contribution >= 0.6 is 11.6 Å². The van der Waals surface area contributed by atoms with Crippen molar-refractivity contribution >= 4 is 23.3 Å². The van der Waals surface area contributed by atoms with E-state index in [1.165, 1.54) is 12.4 Å². The number of nitriles is 1. The highest BCUT2D eigenvalue weighted by Crippen LogP contribution is 2.19. The summed E-state index contributed by atoms with van der Waals surface area (Å²) in [5, 5.41) is 15.5. The van der Waals surface area contributed by atoms with E-state index in [1.54, 1.807) is 24.4 Å². The molecule has 7 nitrogen and oxygen atoms in total. The first-order valence-corrected chi connectivity index (χ1v) is 8.16. The average molecular weight is 358 g/mol. The van der Waals surface area contributed by atoms with Crippen molar-refractivity contribution in [3.8, 4) is 6.07 Å². The Labute approximate surface area is 150 Å². The maximum atomic E-state index is 12.6. The van der Waals surface area contributed by atoms with Crippen LogP contribution in [0, 0.1) is 11.3 Å². The molecule has 8 heteroatoms. The first-order valence-electron chi connectivity index (χ1n) is 7.78. The number of amides is 1. The zero-order valence-electron chi connectivity index (χ0n) is 13.3. The van der Waals surface area contributed by atoms with Gasteiger partial charge in [-0.25, -0.2) is 9.97 Å². The molecule has 0 aliphatic carbocycles. The minimum absolute atomic E-state index is 0.134. The minimum atomic E-state index is -0.316. The van der Waals surface area contributed by atoms with Gasteiger partial charge in [-0.2, -0.15) is 5.26 Å². The number of rotatable bonds is 4. The van der Waals surface area contributed by atoms with E-state index >= 15 is 0 Å². The summed E-state index contributed by atoms with van der Waals surface area (Å²) in [4.78, 5) is 20.6. The Morgan fingerprint density at radius 2 is 2.24 bits per heavy atom. The number of hydrogen-bond acceptors (Lipinski definition) is 6. The maximum absolute atomic E-state index is 12.6. The van der Waals surface area contributed by atoms with Gasteiger partial charge in [0, 0.05) is 12.8 Å². The molecule has 128 valence electrons. The van der Waals surface area contributed by atoms with E-state index in [4.69, 9.17) is 21.6 Å². The number of carbonyl (C=O) groups excluding carboxylic acids is 1. The zero-order valence-corrected chi connectivity index (χ0v) is 14.0. The van der Waals surface area contributed by atoms with Crippen molar-refractivity contribution in [1.82, 2.24) is 15.3 Å². The van der Waals surface area contributed by atoms with Crippen LogP contribution in [0.25, 0.3) is 0 Å². The van der Waals surface area contributed by atoms with E-state index in [-0.39, 0.29) is 23.6 Å². The van der Waals surface area contributed by atoms with Crippen LogP contribution in [0.2, 0.25) is 5.02 Å². The normalized spacial score (nSPS) is 19.7. The van der Waals surface area contributed by atoms with Crippen LogP contribution in [0.1, 0.15) is 22.3 Å². The molecule has 1 aromatic heterocycles. The fourth-order valence-electron chi connectivity index (χ4n) is 2.63. The van der Waals surface area contributed by atoms with E-state index < -0.39 is 0 Å². The molecule has 0 bridgehead atoms. The Balaban J connectivity index is 1.73. The number of benzene rings is 1. The first kappa shape index (κ1) is 17.1. The van der Waals surface area contributed by atoms with Crippen molar-refractivity contribution in [3.63, 3.8) is 0 Å². The predicted molar refractivity (Wildman–Crippen MR) is 92.3 cm³/mol. The highest BCUT2D eigenvalue weighted by atomic mass is 35.5. The summed E-state index contributed by atoms with van der Waals surface area (Å²) >= 11 is 6.10. The lowest BCUT2D eigenvalue weighted by atomic mass is 10.0. The Kier molecular flexibility index (Phi) is 5.43. The summed E-state index contributed by atoms with van der Waals surface area (Å²) in [6.45, 7) is 1.000. The summed E-state index contributed by atoms with van der Waals surface area (Å²) < 4.78 is 5.51. The van der Waals surface area contributed by atoms with Crippen LogP contribution in [0.3, 0.4) is 0 Å². The van der Waals surface area contributed by atoms with Gasteiger partial charge in [0.05, 0.1) is 40.9 Å². The van der Waals surface area contributed by atoms with Crippen molar-refractivity contribution in [1.29, 1.82) is 5.26 Å². The molecule has 2 aromatic rings. The van der Waals surface area contributed by atoms with Gasteiger partial charge in [-0.15, -0.1) is 0 Å². The third kappa shape index (κ3) is 4.24. The quantitative estimate of drug-likeness (QED) is 0.868. The highest BCUT2D eigenvalue weighted by molar-refractivity contribution is 6.33. The second kappa shape index (κ2) is 7.92. The van der Waals surface area contributed by atoms with Gasteiger partial charge in [-0.1, -0.05) is 11.6 Å². The van der Waals surface area contributed by atoms with Gasteiger partial charge in [-0.05, 0) is 30.7 Å². The van der Waals surface area contributed by atoms with Gasteiger partial charge in [0.25, 0.3) is 5.91 Å². The number of ether oxygens (including phenoxy) is 1. The standard InChI is InChI=1S/C17H16ClN5O2/c18-13-2-1-11(8-19)7-12(13)17(24)23-14-4-6-25-9-15(14)22-16-3-5-20-10-21-16/h1-3,5,7,10,14-15H,4,6,9H2,(H,23,24)(H,20,21,22)/t14-,15+/m0/s1. The Morgan fingerprint density at radius 1 is 1.36 bits per heavy atom. The van der Waals surface area contributed by atoms with Crippen molar-refractivity contribution in [2.45, 2.75) is 18.5 Å². The maximum Gasteiger partial charge on any atom is 0.253 e. The molecule has 0 radical (unpaired) electrons. The fourth-order valence-corrected chi connectivity index (χ4v) is 2.84. The fraction of sp³-hybridized carbons (Fsp3) is 0.294. The molecule has 1 amide bonds. The summed E-state index contributed by atoms with van der Waals surface area (Å²) in [6.07, 6.45) is 3.75. The molecule has 0 spiro atoms. The lowest BCUT2D eigenvalue weighted by Gasteiger charge is -2.33. The SMILES string of the molecule is N#Cc1ccc(Cl)c(C(=O)N[C@H]2CCOC[C@H]2Nc2ccncn2)c1. The Hall–Kier alpha value is -2.69. The van der Waals surface area contributed by atoms with Crippen molar-refractivity contribution < 1.29 is 9.53 Å². The molecule has 1 fully saturated rings. The molecule has 2 N–H and O–H groups in total. The number of anilines is 1. The Morgan fingerprint density at radius 3 is 3.00 bits per heavy atom. The molecule has 1 saturated heterocycles. The van der Waals surface area contributed by atoms with Gasteiger partial charge in [-0.3, -0.25) is 4.79 Å². The first-order chi connectivity index (χ1) is 12.2. The molecule has 25 heavy (non-hydrogen) atoms. The Bertz CT molecular complexity index is 793. The second-order valence-electron chi connectivity index (χ2n) is 5.60. The van der Waals surface area contributed by atoms with Crippen LogP contribution < -0.4 is 10.6 Å². The zero-order chi connectivity index (χ0) is 17.6. The summed E-state index contributed by atoms with van der Waals surface area (Å²) in [6, 6.07) is 8.09. The topological polar surface area (TPSA) is 99.9 Å². The highest BCUT2D eigenvalue weighted by Gasteiger charge is 2.28. The second-order valence-corrected chi connectivity index (χ2v) is 6.00. The summed E-state index contributed by atoms with van der Waals surface area (Å²) in [7, 11) is 0. The molecular weight excluding hydrogens is 342 g/mol. The van der Waals surface area contributed by atoms with Gasteiger partial charge in [0.2, 0.25) is 0 Å². The number of halogens is 1. The van der Waals surface area contributed by atoms with Gasteiger partial charge >= 0.3 is 0 Å². The van der Waals surface area contributed by atoms with E-state index in [2.05, 4.69) is 20.6 Å². The third-order valence-electron chi connectivity index (χ3n) is 3.93. The van der Waals surface area contributed by atoms with Crippen LogP contribution in [0.4, 0.5) is 5.82 Å². The molecule has 3 rings (SSSR count). The van der Waals surface area contributed by atoms with E-state index in [1.807, 2.05) is 6.07 Å². The minimum Gasteiger partial charge on any atom is -0.379 e. The molecular formula is C17H16ClN5O2. The number of aromatic nitrogens is 2. The van der Waals surface area contributed by atoms with Crippen molar-refractivity contribution in [3.05, 3.63) is 52.9 Å². The lowest BCUT2D eigenvalue weighted by Crippen LogP contribution is -2.52. The van der Waals surface area contributed by atoms with E-state index in [0.717, 1.165) is 0 Å². The molecule has 0 unspecified atom stereocenters. The van der Waals surface area contributed by atoms with E-state index in [0.29, 0.717) is 36.0 Å². The van der Waals surface area contributed by atoms with Crippen LogP contribution in [0.15, 0.2) is 36.8 Å².